The summed E-state index contributed by atoms with van der Waals surface area (Å²) in [5, 5.41) is 4.28. The Labute approximate surface area is 162 Å². The maximum Gasteiger partial charge on any atom is 0.336 e. The van der Waals surface area contributed by atoms with Crippen LogP contribution in [0.25, 0.3) is 15.7 Å². The van der Waals surface area contributed by atoms with Crippen LogP contribution in [0.1, 0.15) is 37.0 Å². The van der Waals surface area contributed by atoms with E-state index in [1.54, 1.807) is 11.3 Å². The molecule has 1 saturated carbocycles. The molecule has 0 spiro atoms. The molecule has 0 radical (unpaired) electrons. The van der Waals surface area contributed by atoms with Gasteiger partial charge in [-0.05, 0) is 55.2 Å². The molecule has 27 heavy (non-hydrogen) atoms. The van der Waals surface area contributed by atoms with E-state index < -0.39 is 0 Å². The largest absolute Gasteiger partial charge is 0.466 e. The number of nitrogens with one attached hydrogen (secondary N) is 1. The average Bonchev–Trinajstić information content (AvgIpc) is 3.29. The van der Waals surface area contributed by atoms with Gasteiger partial charge in [0, 0.05) is 21.7 Å². The van der Waals surface area contributed by atoms with Crippen molar-refractivity contribution in [2.75, 3.05) is 7.11 Å². The van der Waals surface area contributed by atoms with Gasteiger partial charge < -0.3 is 15.0 Å². The summed E-state index contributed by atoms with van der Waals surface area (Å²) in [6.45, 7) is 0. The summed E-state index contributed by atoms with van der Waals surface area (Å²) in [6, 6.07) is 10.7. The number of ether oxygens (including phenoxy) is 1. The number of thiophene rings is 1. The van der Waals surface area contributed by atoms with Crippen LogP contribution in [0.3, 0.4) is 0 Å². The summed E-state index contributed by atoms with van der Waals surface area (Å²) in [5.41, 5.74) is 1.73. The maximum absolute atomic E-state index is 12.8. The monoisotopic (exact) mass is 382 g/mol. The summed E-state index contributed by atoms with van der Waals surface area (Å²) >= 11 is 1.71. The molecule has 2 atom stereocenters. The van der Waals surface area contributed by atoms with Crippen molar-refractivity contribution in [1.82, 2.24) is 10.2 Å². The van der Waals surface area contributed by atoms with Gasteiger partial charge in [0.25, 0.3) is 0 Å². The minimum Gasteiger partial charge on any atom is -0.466 e. The van der Waals surface area contributed by atoms with Crippen molar-refractivity contribution in [3.63, 3.8) is 0 Å². The zero-order valence-electron chi connectivity index (χ0n) is 15.2. The van der Waals surface area contributed by atoms with E-state index in [1.165, 1.54) is 17.2 Å². The molecule has 1 aromatic carbocycles. The fourth-order valence-electron chi connectivity index (χ4n) is 4.43. The van der Waals surface area contributed by atoms with E-state index in [1.807, 2.05) is 17.0 Å². The number of amides is 2. The molecule has 0 unspecified atom stereocenters. The lowest BCUT2D eigenvalue weighted by Crippen LogP contribution is -2.51. The zero-order valence-corrected chi connectivity index (χ0v) is 16.1. The molecule has 1 saturated heterocycles. The molecule has 2 aliphatic heterocycles. The minimum absolute atomic E-state index is 0.0261. The van der Waals surface area contributed by atoms with Crippen LogP contribution < -0.4 is 5.32 Å². The number of hydrogen-bond donors (Lipinski definition) is 1. The van der Waals surface area contributed by atoms with E-state index in [4.69, 9.17) is 4.74 Å². The Kier molecular flexibility index (Phi) is 3.97. The zero-order chi connectivity index (χ0) is 18.5. The van der Waals surface area contributed by atoms with Crippen LogP contribution in [0, 0.1) is 0 Å². The first-order valence-electron chi connectivity index (χ1n) is 9.55. The topological polar surface area (TPSA) is 58.6 Å². The highest BCUT2D eigenvalue weighted by Crippen LogP contribution is 2.46. The maximum atomic E-state index is 12.8. The second-order valence-corrected chi connectivity index (χ2v) is 8.70. The van der Waals surface area contributed by atoms with Crippen LogP contribution in [-0.2, 0) is 9.53 Å². The average molecular weight is 382 g/mol. The van der Waals surface area contributed by atoms with Gasteiger partial charge in [-0.3, -0.25) is 0 Å². The van der Waals surface area contributed by atoms with Crippen molar-refractivity contribution in [3.05, 3.63) is 40.8 Å². The molecule has 1 N–H and O–H groups in total. The van der Waals surface area contributed by atoms with Gasteiger partial charge in [-0.1, -0.05) is 18.2 Å². The van der Waals surface area contributed by atoms with Crippen LogP contribution in [0.2, 0.25) is 0 Å². The van der Waals surface area contributed by atoms with Gasteiger partial charge in [0.2, 0.25) is 0 Å². The third kappa shape index (κ3) is 2.83. The van der Waals surface area contributed by atoms with E-state index in [0.717, 1.165) is 36.1 Å². The summed E-state index contributed by atoms with van der Waals surface area (Å²) in [7, 11) is 1.42. The number of benzene rings is 1. The standard InChI is InChI=1S/C21H22N2O3S/c1-26-20(24)19-15(18-10-12-4-2-3-5-17(12)27-18)11-14-8-9-16(19)23(14)21(25)22-13-6-7-13/h2-5,10,13-14,16H,6-9,11H2,1H3,(H,22,25)/t14-,16+/m0/s1. The SMILES string of the molecule is COC(=O)C1=C(c2cc3ccccc3s2)C[C@@H]2CC[C@H]1N2C(=O)NC1CC1. The molecule has 1 aliphatic carbocycles. The molecule has 3 aliphatic rings. The van der Waals surface area contributed by atoms with Crippen LogP contribution >= 0.6 is 11.3 Å². The quantitative estimate of drug-likeness (QED) is 0.818. The lowest BCUT2D eigenvalue weighted by atomic mass is 9.92. The summed E-state index contributed by atoms with van der Waals surface area (Å²) in [6.07, 6.45) is 4.58. The summed E-state index contributed by atoms with van der Waals surface area (Å²) < 4.78 is 6.35. The number of carbonyl (C=O) groups excluding carboxylic acids is 2. The van der Waals surface area contributed by atoms with Gasteiger partial charge in [0.15, 0.2) is 0 Å². The lowest BCUT2D eigenvalue weighted by molar-refractivity contribution is -0.136. The first-order chi connectivity index (χ1) is 13.2. The predicted octanol–water partition coefficient (Wildman–Crippen LogP) is 3.94. The first kappa shape index (κ1) is 16.8. The van der Waals surface area contributed by atoms with Gasteiger partial charge in [-0.25, -0.2) is 9.59 Å². The van der Waals surface area contributed by atoms with E-state index in [2.05, 4.69) is 23.5 Å². The van der Waals surface area contributed by atoms with Crippen molar-refractivity contribution in [2.45, 2.75) is 50.2 Å². The van der Waals surface area contributed by atoms with Crippen LogP contribution in [0.5, 0.6) is 0 Å². The van der Waals surface area contributed by atoms with Crippen molar-refractivity contribution in [2.24, 2.45) is 0 Å². The van der Waals surface area contributed by atoms with E-state index in [0.29, 0.717) is 18.0 Å². The fourth-order valence-corrected chi connectivity index (χ4v) is 5.56. The van der Waals surface area contributed by atoms with Gasteiger partial charge in [-0.2, -0.15) is 0 Å². The molecule has 6 heteroatoms. The van der Waals surface area contributed by atoms with Crippen LogP contribution in [-0.4, -0.2) is 42.1 Å². The van der Waals surface area contributed by atoms with Crippen molar-refractivity contribution >= 4 is 39.0 Å². The van der Waals surface area contributed by atoms with E-state index >= 15 is 0 Å². The molecule has 2 amide bonds. The number of methoxy groups -OCH3 is 1. The molecule has 1 aromatic heterocycles. The third-order valence-corrected chi connectivity index (χ3v) is 7.04. The highest BCUT2D eigenvalue weighted by Gasteiger charge is 2.47. The Morgan fingerprint density at radius 1 is 1.19 bits per heavy atom. The number of esters is 1. The van der Waals surface area contributed by atoms with Gasteiger partial charge in [0.05, 0.1) is 18.7 Å². The highest BCUT2D eigenvalue weighted by atomic mass is 32.1. The van der Waals surface area contributed by atoms with Gasteiger partial charge in [0.1, 0.15) is 0 Å². The predicted molar refractivity (Wildman–Crippen MR) is 106 cm³/mol. The highest BCUT2D eigenvalue weighted by molar-refractivity contribution is 7.20. The summed E-state index contributed by atoms with van der Waals surface area (Å²) in [5.74, 6) is -0.308. The number of carbonyl (C=O) groups is 2. The second-order valence-electron chi connectivity index (χ2n) is 7.61. The van der Waals surface area contributed by atoms with Crippen molar-refractivity contribution < 1.29 is 14.3 Å². The fraction of sp³-hybridized carbons (Fsp3) is 0.429. The Morgan fingerprint density at radius 2 is 2.00 bits per heavy atom. The van der Waals surface area contributed by atoms with Crippen LogP contribution in [0.15, 0.2) is 35.9 Å². The summed E-state index contributed by atoms with van der Waals surface area (Å²) in [4.78, 5) is 28.5. The molecule has 2 bridgehead atoms. The molecule has 2 aromatic rings. The van der Waals surface area contributed by atoms with Crippen LogP contribution in [0.4, 0.5) is 4.79 Å². The molecular weight excluding hydrogens is 360 g/mol. The Morgan fingerprint density at radius 3 is 2.74 bits per heavy atom. The Bertz CT molecular complexity index is 926. The molecule has 3 heterocycles. The number of hydrogen-bond acceptors (Lipinski definition) is 4. The third-order valence-electron chi connectivity index (χ3n) is 5.87. The smallest absolute Gasteiger partial charge is 0.336 e. The molecule has 140 valence electrons. The normalized spacial score (nSPS) is 24.4. The number of nitrogens with zero attached hydrogens (tertiary/aromatic N) is 1. The molecule has 2 fully saturated rings. The lowest BCUT2D eigenvalue weighted by Gasteiger charge is -2.36. The molecule has 5 nitrogen and oxygen atoms in total. The number of fused-ring (bicyclic) bond motifs is 3. The molecular formula is C21H22N2O3S. The number of urea groups is 1. The van der Waals surface area contributed by atoms with Crippen molar-refractivity contribution in [1.29, 1.82) is 0 Å². The van der Waals surface area contributed by atoms with E-state index in [9.17, 15) is 9.59 Å². The van der Waals surface area contributed by atoms with E-state index in [-0.39, 0.29) is 24.1 Å². The van der Waals surface area contributed by atoms with Gasteiger partial charge in [-0.15, -0.1) is 11.3 Å². The van der Waals surface area contributed by atoms with Crippen molar-refractivity contribution in [3.8, 4) is 0 Å². The Hall–Kier alpha value is -2.34. The first-order valence-corrected chi connectivity index (χ1v) is 10.4. The second kappa shape index (κ2) is 6.37. The minimum atomic E-state index is -0.308. The number of rotatable bonds is 3. The Balaban J connectivity index is 1.57. The van der Waals surface area contributed by atoms with Gasteiger partial charge >= 0.3 is 12.0 Å². The molecule has 5 rings (SSSR count).